The van der Waals surface area contributed by atoms with E-state index in [1.807, 2.05) is 53.2 Å². The Kier molecular flexibility index (Phi) is 7.31. The highest BCUT2D eigenvalue weighted by molar-refractivity contribution is 5.79. The highest BCUT2D eigenvalue weighted by atomic mass is 19.1. The summed E-state index contributed by atoms with van der Waals surface area (Å²) < 4.78 is 21.4. The lowest BCUT2D eigenvalue weighted by molar-refractivity contribution is -0.153. The Labute approximate surface area is 221 Å². The minimum absolute atomic E-state index is 0.0733. The quantitative estimate of drug-likeness (QED) is 0.274. The van der Waals surface area contributed by atoms with Crippen molar-refractivity contribution in [1.82, 2.24) is 19.5 Å². The van der Waals surface area contributed by atoms with Crippen molar-refractivity contribution in [3.8, 4) is 22.6 Å². The number of aromatic nitrogens is 4. The fourth-order valence-corrected chi connectivity index (χ4v) is 4.59. The van der Waals surface area contributed by atoms with Crippen LogP contribution in [0.5, 0.6) is 0 Å². The molecular weight excluding hydrogens is 481 g/mol. The number of halogens is 1. The van der Waals surface area contributed by atoms with Gasteiger partial charge in [-0.2, -0.15) is 0 Å². The van der Waals surface area contributed by atoms with Crippen molar-refractivity contribution in [2.75, 3.05) is 5.32 Å². The van der Waals surface area contributed by atoms with Crippen molar-refractivity contribution < 1.29 is 13.9 Å². The molecule has 2 aromatic carbocycles. The summed E-state index contributed by atoms with van der Waals surface area (Å²) in [7, 11) is 0. The summed E-state index contributed by atoms with van der Waals surface area (Å²) >= 11 is 0. The summed E-state index contributed by atoms with van der Waals surface area (Å²) in [5.74, 6) is 1.07. The molecule has 3 heterocycles. The van der Waals surface area contributed by atoms with Crippen LogP contribution >= 0.6 is 0 Å². The van der Waals surface area contributed by atoms with Crippen LogP contribution in [-0.2, 0) is 9.53 Å². The largest absolute Gasteiger partial charge is 0.458 e. The van der Waals surface area contributed by atoms with Crippen molar-refractivity contribution in [2.24, 2.45) is 5.92 Å². The first-order valence-electron chi connectivity index (χ1n) is 12.8. The second-order valence-electron chi connectivity index (χ2n) is 9.87. The number of para-hydroxylation sites is 1. The van der Waals surface area contributed by atoms with Crippen molar-refractivity contribution in [1.29, 1.82) is 0 Å². The van der Waals surface area contributed by atoms with Crippen LogP contribution in [0.3, 0.4) is 0 Å². The van der Waals surface area contributed by atoms with E-state index in [1.54, 1.807) is 18.3 Å². The molecule has 4 aromatic rings. The van der Waals surface area contributed by atoms with E-state index in [9.17, 15) is 9.18 Å². The van der Waals surface area contributed by atoms with Crippen molar-refractivity contribution >= 4 is 23.8 Å². The van der Waals surface area contributed by atoms with Crippen molar-refractivity contribution in [3.05, 3.63) is 84.6 Å². The molecule has 0 spiro atoms. The molecule has 0 amide bonds. The lowest BCUT2D eigenvalue weighted by Crippen LogP contribution is -2.26. The first kappa shape index (κ1) is 25.3. The van der Waals surface area contributed by atoms with Gasteiger partial charge >= 0.3 is 5.97 Å². The van der Waals surface area contributed by atoms with E-state index in [-0.39, 0.29) is 29.7 Å². The number of nitrogens with one attached hydrogen (secondary N) is 1. The maximum atomic E-state index is 13.8. The zero-order valence-corrected chi connectivity index (χ0v) is 21.6. The van der Waals surface area contributed by atoms with Gasteiger partial charge < -0.3 is 14.6 Å². The Morgan fingerprint density at radius 1 is 1.08 bits per heavy atom. The Hall–Kier alpha value is -4.33. The standard InChI is InChI=1S/C30H30FN5O2/c1-19(2)29-35-27(21-9-11-22(31)12-10-21)28(36(29)16-14-24-17-20(3)18-26(37)38-24)25-13-15-32-30(34-25)33-23-7-5-4-6-8-23/h4-16,19-20,24H,17-18H2,1-3H3,(H,32,33,34)/b16-14+/t20-,24-/m1/s1. The average Bonchev–Trinajstić information content (AvgIpc) is 3.28. The second-order valence-corrected chi connectivity index (χ2v) is 9.87. The molecule has 1 saturated heterocycles. The lowest BCUT2D eigenvalue weighted by atomic mass is 9.97. The normalized spacial score (nSPS) is 17.7. The molecule has 2 atom stereocenters. The van der Waals surface area contributed by atoms with Crippen molar-refractivity contribution in [2.45, 2.75) is 45.6 Å². The van der Waals surface area contributed by atoms with Crippen LogP contribution in [0.1, 0.15) is 45.4 Å². The first-order chi connectivity index (χ1) is 18.4. The van der Waals surface area contributed by atoms with E-state index in [4.69, 9.17) is 14.7 Å². The third-order valence-corrected chi connectivity index (χ3v) is 6.38. The Balaban J connectivity index is 1.63. The number of carbonyl (C=O) groups is 1. The van der Waals surface area contributed by atoms with Crippen molar-refractivity contribution in [3.63, 3.8) is 0 Å². The summed E-state index contributed by atoms with van der Waals surface area (Å²) in [6.45, 7) is 6.18. The molecule has 2 aromatic heterocycles. The number of ether oxygens (including phenoxy) is 1. The van der Waals surface area contributed by atoms with Gasteiger partial charge in [0.2, 0.25) is 5.95 Å². The molecule has 1 fully saturated rings. The molecule has 1 N–H and O–H groups in total. The minimum Gasteiger partial charge on any atom is -0.458 e. The molecule has 7 nitrogen and oxygen atoms in total. The minimum atomic E-state index is -0.323. The number of hydrogen-bond acceptors (Lipinski definition) is 6. The molecular formula is C30H30FN5O2. The van der Waals surface area contributed by atoms with Gasteiger partial charge in [-0.1, -0.05) is 39.0 Å². The number of rotatable bonds is 7. The van der Waals surface area contributed by atoms with Crippen LogP contribution in [-0.4, -0.2) is 31.6 Å². The van der Waals surface area contributed by atoms with E-state index in [2.05, 4.69) is 31.1 Å². The predicted octanol–water partition coefficient (Wildman–Crippen LogP) is 6.83. The predicted molar refractivity (Wildman–Crippen MR) is 146 cm³/mol. The van der Waals surface area contributed by atoms with Gasteiger partial charge in [-0.3, -0.25) is 4.79 Å². The summed E-state index contributed by atoms with van der Waals surface area (Å²) in [4.78, 5) is 26.2. The maximum absolute atomic E-state index is 13.8. The SMILES string of the molecule is CC(C)c1nc(-c2ccc(F)cc2)c(-c2ccnc(Nc3ccccc3)n2)n1/C=C/[C@@H]1C[C@@H](C)CC(=O)O1. The number of carbonyl (C=O) groups excluding carboxylic acids is 1. The molecule has 8 heteroatoms. The lowest BCUT2D eigenvalue weighted by Gasteiger charge is -2.24. The zero-order valence-electron chi connectivity index (χ0n) is 21.6. The van der Waals surface area contributed by atoms with E-state index in [1.165, 1.54) is 12.1 Å². The monoisotopic (exact) mass is 511 g/mol. The van der Waals surface area contributed by atoms with E-state index < -0.39 is 0 Å². The smallest absolute Gasteiger partial charge is 0.306 e. The molecule has 5 rings (SSSR count). The maximum Gasteiger partial charge on any atom is 0.306 e. The number of anilines is 2. The summed E-state index contributed by atoms with van der Waals surface area (Å²) in [6, 6.07) is 17.8. The third-order valence-electron chi connectivity index (χ3n) is 6.38. The highest BCUT2D eigenvalue weighted by Crippen LogP contribution is 2.35. The summed E-state index contributed by atoms with van der Waals surface area (Å²) in [6.07, 6.45) is 6.38. The van der Waals surface area contributed by atoms with E-state index in [0.717, 1.165) is 29.2 Å². The van der Waals surface area contributed by atoms with Gasteiger partial charge in [0, 0.05) is 36.0 Å². The molecule has 0 radical (unpaired) electrons. The second kappa shape index (κ2) is 11.0. The Morgan fingerprint density at radius 2 is 1.84 bits per heavy atom. The van der Waals surface area contributed by atoms with Crippen LogP contribution in [0.4, 0.5) is 16.0 Å². The van der Waals surface area contributed by atoms with Crippen LogP contribution in [0.25, 0.3) is 28.8 Å². The molecule has 38 heavy (non-hydrogen) atoms. The number of esters is 1. The number of nitrogens with zero attached hydrogens (tertiary/aromatic N) is 4. The first-order valence-corrected chi connectivity index (χ1v) is 12.8. The fraction of sp³-hybridized carbons (Fsp3) is 0.267. The number of imidazole rings is 1. The van der Waals surface area contributed by atoms with Gasteiger partial charge in [-0.25, -0.2) is 19.3 Å². The van der Waals surface area contributed by atoms with Gasteiger partial charge in [-0.15, -0.1) is 0 Å². The Morgan fingerprint density at radius 3 is 2.55 bits per heavy atom. The summed E-state index contributed by atoms with van der Waals surface area (Å²) in [5.41, 5.74) is 3.70. The number of benzene rings is 2. The summed E-state index contributed by atoms with van der Waals surface area (Å²) in [5, 5.41) is 3.25. The molecule has 194 valence electrons. The topological polar surface area (TPSA) is 81.9 Å². The van der Waals surface area contributed by atoms with Gasteiger partial charge in [-0.05, 0) is 60.9 Å². The molecule has 0 saturated carbocycles. The fourth-order valence-electron chi connectivity index (χ4n) is 4.59. The Bertz CT molecular complexity index is 1450. The van der Waals surface area contributed by atoms with Gasteiger partial charge in [0.1, 0.15) is 17.7 Å². The number of hydrogen-bond donors (Lipinski definition) is 1. The van der Waals surface area contributed by atoms with E-state index in [0.29, 0.717) is 23.8 Å². The van der Waals surface area contributed by atoms with Crippen LogP contribution in [0.15, 0.2) is 72.9 Å². The van der Waals surface area contributed by atoms with Crippen LogP contribution in [0.2, 0.25) is 0 Å². The van der Waals surface area contributed by atoms with Crippen LogP contribution < -0.4 is 5.32 Å². The zero-order chi connectivity index (χ0) is 26.6. The molecule has 1 aliphatic heterocycles. The number of cyclic esters (lactones) is 1. The van der Waals surface area contributed by atoms with Crippen LogP contribution in [0, 0.1) is 11.7 Å². The molecule has 0 aliphatic carbocycles. The molecule has 1 aliphatic rings. The third kappa shape index (κ3) is 5.64. The average molecular weight is 512 g/mol. The van der Waals surface area contributed by atoms with Gasteiger partial charge in [0.15, 0.2) is 0 Å². The van der Waals surface area contributed by atoms with E-state index >= 15 is 0 Å². The highest BCUT2D eigenvalue weighted by Gasteiger charge is 2.26. The van der Waals surface area contributed by atoms with Gasteiger partial charge in [0.25, 0.3) is 0 Å². The molecule has 0 unspecified atom stereocenters. The van der Waals surface area contributed by atoms with Gasteiger partial charge in [0.05, 0.1) is 17.1 Å². The molecule has 0 bridgehead atoms.